The normalized spacial score (nSPS) is 10.6. The van der Waals surface area contributed by atoms with Crippen LogP contribution in [-0.4, -0.2) is 38.9 Å². The fourth-order valence-electron chi connectivity index (χ4n) is 3.29. The molecule has 172 valence electrons. The van der Waals surface area contributed by atoms with Crippen LogP contribution in [0, 0.1) is 5.82 Å². The Labute approximate surface area is 200 Å². The van der Waals surface area contributed by atoms with Gasteiger partial charge in [-0.05, 0) is 61.5 Å². The molecule has 0 atom stereocenters. The van der Waals surface area contributed by atoms with Crippen molar-refractivity contribution in [3.05, 3.63) is 90.2 Å². The molecule has 0 aliphatic carbocycles. The van der Waals surface area contributed by atoms with Crippen LogP contribution in [0.25, 0.3) is 17.1 Å². The van der Waals surface area contributed by atoms with Crippen LogP contribution in [0.4, 0.5) is 10.1 Å². The van der Waals surface area contributed by atoms with Crippen molar-refractivity contribution >= 4 is 29.3 Å². The molecule has 4 aromatic rings. The van der Waals surface area contributed by atoms with Crippen LogP contribution in [0.5, 0.6) is 0 Å². The third kappa shape index (κ3) is 5.49. The minimum absolute atomic E-state index is 0.0831. The first kappa shape index (κ1) is 23.2. The summed E-state index contributed by atoms with van der Waals surface area (Å²) in [4.78, 5) is 24.7. The predicted octanol–water partition coefficient (Wildman–Crippen LogP) is 4.55. The summed E-state index contributed by atoms with van der Waals surface area (Å²) >= 11 is 1.23. The number of carbonyl (C=O) groups is 2. The molecule has 0 unspecified atom stereocenters. The Morgan fingerprint density at radius 3 is 2.47 bits per heavy atom. The van der Waals surface area contributed by atoms with Gasteiger partial charge in [0.15, 0.2) is 11.0 Å². The van der Waals surface area contributed by atoms with E-state index in [9.17, 15) is 14.0 Å². The van der Waals surface area contributed by atoms with Gasteiger partial charge in [0, 0.05) is 29.0 Å². The SMILES string of the molecule is CCNC(=O)c1cccc(NC(=O)CSc2nnc(-c3ccc(F)cc3)n2-c2ccccc2)c1. The molecule has 34 heavy (non-hydrogen) atoms. The molecule has 1 heterocycles. The molecule has 0 spiro atoms. The number of anilines is 1. The van der Waals surface area contributed by atoms with E-state index < -0.39 is 0 Å². The molecular formula is C25H22FN5O2S. The Morgan fingerprint density at radius 1 is 0.971 bits per heavy atom. The molecule has 0 bridgehead atoms. The highest BCUT2D eigenvalue weighted by Gasteiger charge is 2.17. The number of aromatic nitrogens is 3. The number of halogens is 1. The molecule has 0 radical (unpaired) electrons. The van der Waals surface area contributed by atoms with Gasteiger partial charge in [0.05, 0.1) is 5.75 Å². The zero-order valence-corrected chi connectivity index (χ0v) is 19.2. The highest BCUT2D eigenvalue weighted by Crippen LogP contribution is 2.28. The van der Waals surface area contributed by atoms with Gasteiger partial charge in [0.1, 0.15) is 5.82 Å². The first-order chi connectivity index (χ1) is 16.5. The van der Waals surface area contributed by atoms with Gasteiger partial charge >= 0.3 is 0 Å². The monoisotopic (exact) mass is 475 g/mol. The molecule has 9 heteroatoms. The minimum atomic E-state index is -0.336. The Bertz CT molecular complexity index is 1290. The maximum atomic E-state index is 13.4. The molecular weight excluding hydrogens is 453 g/mol. The van der Waals surface area contributed by atoms with E-state index in [2.05, 4.69) is 20.8 Å². The molecule has 2 amide bonds. The lowest BCUT2D eigenvalue weighted by Gasteiger charge is -2.11. The van der Waals surface area contributed by atoms with Crippen molar-refractivity contribution in [2.75, 3.05) is 17.6 Å². The molecule has 0 saturated carbocycles. The highest BCUT2D eigenvalue weighted by atomic mass is 32.2. The maximum absolute atomic E-state index is 13.4. The highest BCUT2D eigenvalue weighted by molar-refractivity contribution is 7.99. The quantitative estimate of drug-likeness (QED) is 0.365. The molecule has 3 aromatic carbocycles. The lowest BCUT2D eigenvalue weighted by atomic mass is 10.2. The third-order valence-corrected chi connectivity index (χ3v) is 5.76. The number of thioether (sulfide) groups is 1. The molecule has 0 fully saturated rings. The zero-order chi connectivity index (χ0) is 23.9. The molecule has 0 aliphatic rings. The predicted molar refractivity (Wildman–Crippen MR) is 131 cm³/mol. The summed E-state index contributed by atoms with van der Waals surface area (Å²) in [6, 6.07) is 22.3. The summed E-state index contributed by atoms with van der Waals surface area (Å²) in [5.41, 5.74) is 2.53. The Morgan fingerprint density at radius 2 is 1.74 bits per heavy atom. The van der Waals surface area contributed by atoms with Crippen molar-refractivity contribution in [1.82, 2.24) is 20.1 Å². The van der Waals surface area contributed by atoms with Crippen molar-refractivity contribution < 1.29 is 14.0 Å². The molecule has 2 N–H and O–H groups in total. The van der Waals surface area contributed by atoms with E-state index in [1.165, 1.54) is 23.9 Å². The first-order valence-electron chi connectivity index (χ1n) is 10.6. The standard InChI is InChI=1S/C25H22FN5O2S/c1-2-27-24(33)18-7-6-8-20(15-18)28-22(32)16-34-25-30-29-23(17-11-13-19(26)14-12-17)31(25)21-9-4-3-5-10-21/h3-15H,2,16H2,1H3,(H,27,33)(H,28,32). The van der Waals surface area contributed by atoms with Gasteiger partial charge in [-0.15, -0.1) is 10.2 Å². The third-order valence-electron chi connectivity index (χ3n) is 4.83. The van der Waals surface area contributed by atoms with Crippen LogP contribution in [0.3, 0.4) is 0 Å². The second-order valence-electron chi connectivity index (χ2n) is 7.26. The van der Waals surface area contributed by atoms with Crippen molar-refractivity contribution in [3.8, 4) is 17.1 Å². The lowest BCUT2D eigenvalue weighted by molar-refractivity contribution is -0.113. The van der Waals surface area contributed by atoms with Gasteiger partial charge in [-0.2, -0.15) is 0 Å². The number of amides is 2. The fraction of sp³-hybridized carbons (Fsp3) is 0.120. The average molecular weight is 476 g/mol. The summed E-state index contributed by atoms with van der Waals surface area (Å²) in [5.74, 6) is -0.151. The van der Waals surface area contributed by atoms with Crippen molar-refractivity contribution in [1.29, 1.82) is 0 Å². The van der Waals surface area contributed by atoms with E-state index in [1.807, 2.05) is 41.8 Å². The fourth-order valence-corrected chi connectivity index (χ4v) is 4.04. The molecule has 4 rings (SSSR count). The van der Waals surface area contributed by atoms with E-state index in [1.54, 1.807) is 36.4 Å². The number of benzene rings is 3. The van der Waals surface area contributed by atoms with Crippen molar-refractivity contribution in [3.63, 3.8) is 0 Å². The van der Waals surface area contributed by atoms with Gasteiger partial charge in [-0.1, -0.05) is 36.0 Å². The first-order valence-corrected chi connectivity index (χ1v) is 11.6. The summed E-state index contributed by atoms with van der Waals surface area (Å²) in [6.45, 7) is 2.37. The molecule has 1 aromatic heterocycles. The number of hydrogen-bond acceptors (Lipinski definition) is 5. The smallest absolute Gasteiger partial charge is 0.251 e. The van der Waals surface area contributed by atoms with Crippen LogP contribution in [0.1, 0.15) is 17.3 Å². The number of carbonyl (C=O) groups excluding carboxylic acids is 2. The van der Waals surface area contributed by atoms with E-state index in [4.69, 9.17) is 0 Å². The van der Waals surface area contributed by atoms with Gasteiger partial charge in [0.25, 0.3) is 5.91 Å². The molecule has 7 nitrogen and oxygen atoms in total. The molecule has 0 aliphatic heterocycles. The average Bonchev–Trinajstić information content (AvgIpc) is 3.28. The second-order valence-corrected chi connectivity index (χ2v) is 8.20. The van der Waals surface area contributed by atoms with Crippen LogP contribution in [-0.2, 0) is 4.79 Å². The summed E-state index contributed by atoms with van der Waals surface area (Å²) in [6.07, 6.45) is 0. The maximum Gasteiger partial charge on any atom is 0.251 e. The van der Waals surface area contributed by atoms with Gasteiger partial charge < -0.3 is 10.6 Å². The summed E-state index contributed by atoms with van der Waals surface area (Å²) in [5, 5.41) is 14.6. The second kappa shape index (κ2) is 10.8. The largest absolute Gasteiger partial charge is 0.352 e. The van der Waals surface area contributed by atoms with Crippen LogP contribution < -0.4 is 10.6 Å². The number of nitrogens with zero attached hydrogens (tertiary/aromatic N) is 3. The van der Waals surface area contributed by atoms with Crippen molar-refractivity contribution in [2.24, 2.45) is 0 Å². The van der Waals surface area contributed by atoms with Gasteiger partial charge in [-0.25, -0.2) is 4.39 Å². The van der Waals surface area contributed by atoms with Crippen molar-refractivity contribution in [2.45, 2.75) is 12.1 Å². The van der Waals surface area contributed by atoms with Crippen LogP contribution in [0.15, 0.2) is 84.0 Å². The van der Waals surface area contributed by atoms with Crippen LogP contribution >= 0.6 is 11.8 Å². The van der Waals surface area contributed by atoms with Crippen LogP contribution in [0.2, 0.25) is 0 Å². The van der Waals surface area contributed by atoms with E-state index in [0.717, 1.165) is 5.69 Å². The summed E-state index contributed by atoms with van der Waals surface area (Å²) in [7, 11) is 0. The minimum Gasteiger partial charge on any atom is -0.352 e. The Kier molecular flexibility index (Phi) is 7.34. The van der Waals surface area contributed by atoms with Gasteiger partial charge in [0.2, 0.25) is 5.91 Å². The topological polar surface area (TPSA) is 88.9 Å². The zero-order valence-electron chi connectivity index (χ0n) is 18.4. The number of nitrogens with one attached hydrogen (secondary N) is 2. The number of hydrogen-bond donors (Lipinski definition) is 2. The van der Waals surface area contributed by atoms with Gasteiger partial charge in [-0.3, -0.25) is 14.2 Å². The van der Waals surface area contributed by atoms with E-state index in [0.29, 0.717) is 34.3 Å². The van der Waals surface area contributed by atoms with E-state index in [-0.39, 0.29) is 23.4 Å². The van der Waals surface area contributed by atoms with E-state index >= 15 is 0 Å². The molecule has 0 saturated heterocycles. The number of para-hydroxylation sites is 1. The lowest BCUT2D eigenvalue weighted by Crippen LogP contribution is -2.23. The summed E-state index contributed by atoms with van der Waals surface area (Å²) < 4.78 is 15.2. The number of rotatable bonds is 8. The Hall–Kier alpha value is -3.98. The Balaban J connectivity index is 1.52.